The second-order valence-electron chi connectivity index (χ2n) is 4.60. The summed E-state index contributed by atoms with van der Waals surface area (Å²) in [4.78, 5) is 0. The minimum Gasteiger partial charge on any atom is -0.350 e. The zero-order valence-corrected chi connectivity index (χ0v) is 12.5. The van der Waals surface area contributed by atoms with Gasteiger partial charge in [-0.05, 0) is 30.7 Å². The maximum Gasteiger partial charge on any atom is 0.159 e. The summed E-state index contributed by atoms with van der Waals surface area (Å²) in [6.07, 6.45) is 1.56. The Morgan fingerprint density at radius 3 is 2.68 bits per heavy atom. The lowest BCUT2D eigenvalue weighted by atomic mass is 10.0. The third-order valence-corrected chi connectivity index (χ3v) is 3.73. The third-order valence-electron chi connectivity index (χ3n) is 3.14. The van der Waals surface area contributed by atoms with Crippen LogP contribution in [0.5, 0.6) is 0 Å². The van der Waals surface area contributed by atoms with Gasteiger partial charge in [0.1, 0.15) is 0 Å². The molecule has 1 N–H and O–H groups in total. The van der Waals surface area contributed by atoms with Crippen LogP contribution in [0.4, 0.5) is 0 Å². The number of nitrogens with one attached hydrogen (secondary N) is 1. The summed E-state index contributed by atoms with van der Waals surface area (Å²) in [5.74, 6) is 0. The fraction of sp³-hybridized carbons (Fsp3) is 0.571. The molecule has 1 fully saturated rings. The molecule has 0 amide bonds. The minimum atomic E-state index is -0.102. The molecular formula is C14H19Cl2NO2. The number of benzene rings is 1. The van der Waals surface area contributed by atoms with Crippen molar-refractivity contribution in [1.29, 1.82) is 0 Å². The molecule has 3 nitrogen and oxygen atoms in total. The Kier molecular flexibility index (Phi) is 5.92. The summed E-state index contributed by atoms with van der Waals surface area (Å²) in [5, 5.41) is 4.82. The molecule has 1 aromatic carbocycles. The van der Waals surface area contributed by atoms with Gasteiger partial charge < -0.3 is 14.8 Å². The van der Waals surface area contributed by atoms with Gasteiger partial charge in [-0.1, -0.05) is 36.2 Å². The Morgan fingerprint density at radius 1 is 1.32 bits per heavy atom. The van der Waals surface area contributed by atoms with E-state index in [-0.39, 0.29) is 12.3 Å². The minimum absolute atomic E-state index is 0.102. The molecule has 1 aliphatic heterocycles. The van der Waals surface area contributed by atoms with Crippen molar-refractivity contribution in [2.24, 2.45) is 0 Å². The van der Waals surface area contributed by atoms with Crippen LogP contribution >= 0.6 is 23.2 Å². The number of likely N-dealkylation sites (N-methyl/N-ethyl adjacent to an activating group) is 1. The molecular weight excluding hydrogens is 285 g/mol. The standard InChI is InChI=1S/C14H19Cl2NO2/c1-2-17-12(9-14-18-5-6-19-14)7-10-3-4-11(15)8-13(10)16/h3-4,8,12,14,17H,2,5-7,9H2,1H3. The van der Waals surface area contributed by atoms with E-state index in [2.05, 4.69) is 12.2 Å². The molecule has 0 aromatic heterocycles. The first-order chi connectivity index (χ1) is 9.19. The molecule has 0 spiro atoms. The van der Waals surface area contributed by atoms with Gasteiger partial charge >= 0.3 is 0 Å². The van der Waals surface area contributed by atoms with Crippen molar-refractivity contribution in [3.63, 3.8) is 0 Å². The summed E-state index contributed by atoms with van der Waals surface area (Å²) in [7, 11) is 0. The van der Waals surface area contributed by atoms with E-state index in [1.54, 1.807) is 6.07 Å². The molecule has 0 saturated carbocycles. The van der Waals surface area contributed by atoms with Crippen molar-refractivity contribution in [3.05, 3.63) is 33.8 Å². The predicted molar refractivity (Wildman–Crippen MR) is 77.9 cm³/mol. The van der Waals surface area contributed by atoms with Crippen LogP contribution in [0.1, 0.15) is 18.9 Å². The number of hydrogen-bond donors (Lipinski definition) is 1. The molecule has 1 saturated heterocycles. The van der Waals surface area contributed by atoms with Crippen molar-refractivity contribution in [1.82, 2.24) is 5.32 Å². The Labute approximate surface area is 124 Å². The molecule has 0 aliphatic carbocycles. The molecule has 1 unspecified atom stereocenters. The highest BCUT2D eigenvalue weighted by Crippen LogP contribution is 2.23. The Balaban J connectivity index is 1.98. The second-order valence-corrected chi connectivity index (χ2v) is 5.44. The van der Waals surface area contributed by atoms with E-state index in [1.807, 2.05) is 12.1 Å². The second kappa shape index (κ2) is 7.46. The van der Waals surface area contributed by atoms with E-state index in [4.69, 9.17) is 32.7 Å². The molecule has 1 aromatic rings. The Bertz CT molecular complexity index is 408. The molecule has 19 heavy (non-hydrogen) atoms. The van der Waals surface area contributed by atoms with Crippen molar-refractivity contribution in [3.8, 4) is 0 Å². The number of rotatable bonds is 6. The molecule has 2 rings (SSSR count). The first-order valence-electron chi connectivity index (χ1n) is 6.59. The largest absolute Gasteiger partial charge is 0.350 e. The molecule has 1 aliphatic rings. The lowest BCUT2D eigenvalue weighted by Crippen LogP contribution is -2.34. The van der Waals surface area contributed by atoms with E-state index in [0.717, 1.165) is 24.9 Å². The maximum absolute atomic E-state index is 6.22. The maximum atomic E-state index is 6.22. The van der Waals surface area contributed by atoms with Gasteiger partial charge in [0.25, 0.3) is 0 Å². The molecule has 106 valence electrons. The van der Waals surface area contributed by atoms with Crippen LogP contribution in [0, 0.1) is 0 Å². The highest BCUT2D eigenvalue weighted by Gasteiger charge is 2.21. The van der Waals surface area contributed by atoms with E-state index >= 15 is 0 Å². The quantitative estimate of drug-likeness (QED) is 0.875. The van der Waals surface area contributed by atoms with Crippen LogP contribution in [-0.2, 0) is 15.9 Å². The fourth-order valence-corrected chi connectivity index (χ4v) is 2.74. The Hall–Kier alpha value is -0.320. The topological polar surface area (TPSA) is 30.5 Å². The smallest absolute Gasteiger partial charge is 0.159 e. The lowest BCUT2D eigenvalue weighted by Gasteiger charge is -2.21. The van der Waals surface area contributed by atoms with Gasteiger partial charge in [-0.2, -0.15) is 0 Å². The van der Waals surface area contributed by atoms with Crippen molar-refractivity contribution in [2.45, 2.75) is 32.1 Å². The van der Waals surface area contributed by atoms with Gasteiger partial charge in [-0.3, -0.25) is 0 Å². The monoisotopic (exact) mass is 303 g/mol. The van der Waals surface area contributed by atoms with Crippen LogP contribution in [0.3, 0.4) is 0 Å². The highest BCUT2D eigenvalue weighted by atomic mass is 35.5. The molecule has 0 bridgehead atoms. The molecule has 5 heteroatoms. The summed E-state index contributed by atoms with van der Waals surface area (Å²) >= 11 is 12.1. The number of hydrogen-bond acceptors (Lipinski definition) is 3. The average Bonchev–Trinajstić information content (AvgIpc) is 2.86. The fourth-order valence-electron chi connectivity index (χ4n) is 2.26. The molecule has 1 heterocycles. The molecule has 0 radical (unpaired) electrons. The van der Waals surface area contributed by atoms with Gasteiger partial charge in [0.15, 0.2) is 6.29 Å². The molecule has 1 atom stereocenters. The highest BCUT2D eigenvalue weighted by molar-refractivity contribution is 6.35. The van der Waals surface area contributed by atoms with Crippen molar-refractivity contribution >= 4 is 23.2 Å². The number of ether oxygens (including phenoxy) is 2. The summed E-state index contributed by atoms with van der Waals surface area (Å²) in [6, 6.07) is 5.91. The average molecular weight is 304 g/mol. The van der Waals surface area contributed by atoms with E-state index in [9.17, 15) is 0 Å². The first-order valence-corrected chi connectivity index (χ1v) is 7.35. The SMILES string of the molecule is CCNC(Cc1ccc(Cl)cc1Cl)CC1OCCO1. The van der Waals surface area contributed by atoms with Crippen molar-refractivity contribution in [2.75, 3.05) is 19.8 Å². The van der Waals surface area contributed by atoms with E-state index in [1.165, 1.54) is 0 Å². The normalized spacial score (nSPS) is 17.8. The van der Waals surface area contributed by atoms with Gasteiger partial charge in [-0.25, -0.2) is 0 Å². The van der Waals surface area contributed by atoms with Crippen LogP contribution < -0.4 is 5.32 Å². The number of halogens is 2. The van der Waals surface area contributed by atoms with Gasteiger partial charge in [-0.15, -0.1) is 0 Å². The summed E-state index contributed by atoms with van der Waals surface area (Å²) in [5.41, 5.74) is 1.09. The Morgan fingerprint density at radius 2 is 2.05 bits per heavy atom. The van der Waals surface area contributed by atoms with Crippen molar-refractivity contribution < 1.29 is 9.47 Å². The van der Waals surface area contributed by atoms with Gasteiger partial charge in [0.2, 0.25) is 0 Å². The predicted octanol–water partition coefficient (Wildman–Crippen LogP) is 3.28. The zero-order valence-electron chi connectivity index (χ0n) is 11.0. The first kappa shape index (κ1) is 15.1. The van der Waals surface area contributed by atoms with Crippen LogP contribution in [0.15, 0.2) is 18.2 Å². The van der Waals surface area contributed by atoms with E-state index < -0.39 is 0 Å². The van der Waals surface area contributed by atoms with Crippen LogP contribution in [-0.4, -0.2) is 32.1 Å². The summed E-state index contributed by atoms with van der Waals surface area (Å²) in [6.45, 7) is 4.37. The van der Waals surface area contributed by atoms with Gasteiger partial charge in [0, 0.05) is 22.5 Å². The zero-order chi connectivity index (χ0) is 13.7. The van der Waals surface area contributed by atoms with E-state index in [0.29, 0.717) is 23.3 Å². The summed E-state index contributed by atoms with van der Waals surface area (Å²) < 4.78 is 11.0. The third kappa shape index (κ3) is 4.62. The van der Waals surface area contributed by atoms with Crippen LogP contribution in [0.2, 0.25) is 10.0 Å². The van der Waals surface area contributed by atoms with Gasteiger partial charge in [0.05, 0.1) is 13.2 Å². The lowest BCUT2D eigenvalue weighted by molar-refractivity contribution is -0.0525. The van der Waals surface area contributed by atoms with Crippen LogP contribution in [0.25, 0.3) is 0 Å².